The number of aromatic nitrogens is 1. The van der Waals surface area contributed by atoms with Crippen molar-refractivity contribution < 1.29 is 10.0 Å². The van der Waals surface area contributed by atoms with Gasteiger partial charge in [0, 0.05) is 29.8 Å². The first-order valence-corrected chi connectivity index (χ1v) is 3.84. The molecule has 70 valence electrons. The van der Waals surface area contributed by atoms with Gasteiger partial charge in [-0.2, -0.15) is 0 Å². The van der Waals surface area contributed by atoms with Gasteiger partial charge in [-0.25, -0.2) is 0 Å². The van der Waals surface area contributed by atoms with Crippen molar-refractivity contribution in [1.29, 1.82) is 0 Å². The van der Waals surface area contributed by atoms with Crippen LogP contribution in [0.1, 0.15) is 18.6 Å². The number of rotatable bonds is 3. The summed E-state index contributed by atoms with van der Waals surface area (Å²) in [5, 5.41) is 19.8. The minimum Gasteiger partial charge on any atom is -0.381 e. The molecule has 0 aliphatic heterocycles. The maximum atomic E-state index is 10.3. The lowest BCUT2D eigenvalue weighted by Crippen LogP contribution is -2.23. The van der Waals surface area contributed by atoms with Gasteiger partial charge >= 0.3 is 0 Å². The molecule has 1 rings (SSSR count). The standard InChI is InChI=1S/C8H10N2O3/c1-6(10(12)13)8(11)7-3-2-4-9-5-7/h2-6,8,11H,1H3. The van der Waals surface area contributed by atoms with Gasteiger partial charge in [0.2, 0.25) is 6.04 Å². The second kappa shape index (κ2) is 3.95. The van der Waals surface area contributed by atoms with Gasteiger partial charge < -0.3 is 5.11 Å². The number of aliphatic hydroxyl groups excluding tert-OH is 1. The Morgan fingerprint density at radius 3 is 2.85 bits per heavy atom. The number of nitro groups is 1. The fourth-order valence-corrected chi connectivity index (χ4v) is 0.945. The monoisotopic (exact) mass is 182 g/mol. The Hall–Kier alpha value is -1.49. The van der Waals surface area contributed by atoms with Crippen LogP contribution in [0.2, 0.25) is 0 Å². The van der Waals surface area contributed by atoms with Crippen molar-refractivity contribution in [3.05, 3.63) is 40.2 Å². The lowest BCUT2D eigenvalue weighted by molar-refractivity contribution is -0.531. The molecule has 0 aliphatic carbocycles. The SMILES string of the molecule is CC(C(O)c1cccnc1)[N+](=O)[O-]. The van der Waals surface area contributed by atoms with Crippen molar-refractivity contribution in [2.24, 2.45) is 0 Å². The maximum absolute atomic E-state index is 10.3. The molecule has 0 bridgehead atoms. The van der Waals surface area contributed by atoms with E-state index in [-0.39, 0.29) is 0 Å². The van der Waals surface area contributed by atoms with Gasteiger partial charge in [-0.1, -0.05) is 6.07 Å². The average Bonchev–Trinajstić information content (AvgIpc) is 2.17. The van der Waals surface area contributed by atoms with Crippen LogP contribution >= 0.6 is 0 Å². The molecule has 1 N–H and O–H groups in total. The van der Waals surface area contributed by atoms with Gasteiger partial charge in [0.15, 0.2) is 0 Å². The Morgan fingerprint density at radius 2 is 2.38 bits per heavy atom. The summed E-state index contributed by atoms with van der Waals surface area (Å²) >= 11 is 0. The minimum absolute atomic E-state index is 0.465. The highest BCUT2D eigenvalue weighted by Gasteiger charge is 2.25. The molecule has 0 aromatic carbocycles. The van der Waals surface area contributed by atoms with Crippen molar-refractivity contribution in [1.82, 2.24) is 4.98 Å². The smallest absolute Gasteiger partial charge is 0.240 e. The molecule has 0 radical (unpaired) electrons. The Bertz CT molecular complexity index is 289. The molecule has 1 aromatic heterocycles. The molecule has 13 heavy (non-hydrogen) atoms. The molecule has 1 heterocycles. The highest BCUT2D eigenvalue weighted by Crippen LogP contribution is 2.16. The van der Waals surface area contributed by atoms with Gasteiger partial charge in [0.05, 0.1) is 0 Å². The second-order valence-electron chi connectivity index (χ2n) is 2.76. The summed E-state index contributed by atoms with van der Waals surface area (Å²) in [6.45, 7) is 1.36. The third kappa shape index (κ3) is 2.22. The highest BCUT2D eigenvalue weighted by molar-refractivity contribution is 5.12. The van der Waals surface area contributed by atoms with Crippen LogP contribution in [0.3, 0.4) is 0 Å². The molecule has 5 heteroatoms. The van der Waals surface area contributed by atoms with Gasteiger partial charge in [0.25, 0.3) is 0 Å². The van der Waals surface area contributed by atoms with Crippen LogP contribution in [0.5, 0.6) is 0 Å². The third-order valence-corrected chi connectivity index (χ3v) is 1.82. The molecule has 2 unspecified atom stereocenters. The van der Waals surface area contributed by atoms with Crippen LogP contribution in [0.25, 0.3) is 0 Å². The van der Waals surface area contributed by atoms with Gasteiger partial charge in [-0.05, 0) is 6.07 Å². The molecular weight excluding hydrogens is 172 g/mol. The van der Waals surface area contributed by atoms with Crippen molar-refractivity contribution in [2.45, 2.75) is 19.1 Å². The first-order valence-electron chi connectivity index (χ1n) is 3.84. The first-order chi connectivity index (χ1) is 6.13. The lowest BCUT2D eigenvalue weighted by Gasteiger charge is -2.11. The minimum atomic E-state index is -1.09. The zero-order chi connectivity index (χ0) is 9.84. The van der Waals surface area contributed by atoms with E-state index < -0.39 is 17.1 Å². The average molecular weight is 182 g/mol. The van der Waals surface area contributed by atoms with Crippen LogP contribution < -0.4 is 0 Å². The fourth-order valence-electron chi connectivity index (χ4n) is 0.945. The number of hydrogen-bond acceptors (Lipinski definition) is 4. The molecular formula is C8H10N2O3. The van der Waals surface area contributed by atoms with Gasteiger partial charge in [0.1, 0.15) is 6.10 Å². The van der Waals surface area contributed by atoms with Gasteiger partial charge in [-0.3, -0.25) is 15.1 Å². The number of hydrogen-bond donors (Lipinski definition) is 1. The summed E-state index contributed by atoms with van der Waals surface area (Å²) in [6.07, 6.45) is 1.88. The lowest BCUT2D eigenvalue weighted by atomic mass is 10.1. The van der Waals surface area contributed by atoms with Crippen molar-refractivity contribution in [2.75, 3.05) is 0 Å². The van der Waals surface area contributed by atoms with Crippen LogP contribution in [0.15, 0.2) is 24.5 Å². The second-order valence-corrected chi connectivity index (χ2v) is 2.76. The van der Waals surface area contributed by atoms with E-state index in [4.69, 9.17) is 0 Å². The van der Waals surface area contributed by atoms with E-state index in [0.29, 0.717) is 5.56 Å². The molecule has 0 saturated heterocycles. The molecule has 5 nitrogen and oxygen atoms in total. The molecule has 2 atom stereocenters. The Labute approximate surface area is 75.2 Å². The number of aliphatic hydroxyl groups is 1. The normalized spacial score (nSPS) is 14.9. The molecule has 0 saturated carbocycles. The Balaban J connectivity index is 2.79. The van der Waals surface area contributed by atoms with E-state index >= 15 is 0 Å². The zero-order valence-electron chi connectivity index (χ0n) is 7.12. The summed E-state index contributed by atoms with van der Waals surface area (Å²) in [5.41, 5.74) is 0.465. The maximum Gasteiger partial charge on any atom is 0.240 e. The summed E-state index contributed by atoms with van der Waals surface area (Å²) in [4.78, 5) is 13.6. The number of pyridine rings is 1. The van der Waals surface area contributed by atoms with E-state index in [1.807, 2.05) is 0 Å². The van der Waals surface area contributed by atoms with Crippen LogP contribution in [0, 0.1) is 10.1 Å². The van der Waals surface area contributed by atoms with Crippen LogP contribution in [-0.2, 0) is 0 Å². The predicted octanol–water partition coefficient (Wildman–Crippen LogP) is 0.780. The highest BCUT2D eigenvalue weighted by atomic mass is 16.6. The van der Waals surface area contributed by atoms with E-state index in [0.717, 1.165) is 0 Å². The predicted molar refractivity (Wildman–Crippen MR) is 45.7 cm³/mol. The molecule has 1 aromatic rings. The van der Waals surface area contributed by atoms with Crippen LogP contribution in [-0.4, -0.2) is 21.1 Å². The largest absolute Gasteiger partial charge is 0.381 e. The fraction of sp³-hybridized carbons (Fsp3) is 0.375. The Kier molecular flexibility index (Phi) is 2.92. The van der Waals surface area contributed by atoms with E-state index in [1.54, 1.807) is 18.3 Å². The van der Waals surface area contributed by atoms with E-state index in [1.165, 1.54) is 13.1 Å². The molecule has 0 fully saturated rings. The summed E-state index contributed by atoms with van der Waals surface area (Å²) in [7, 11) is 0. The first kappa shape index (κ1) is 9.60. The summed E-state index contributed by atoms with van der Waals surface area (Å²) in [5.74, 6) is 0. The molecule has 0 amide bonds. The van der Waals surface area contributed by atoms with E-state index in [9.17, 15) is 15.2 Å². The van der Waals surface area contributed by atoms with E-state index in [2.05, 4.69) is 4.98 Å². The topological polar surface area (TPSA) is 76.3 Å². The van der Waals surface area contributed by atoms with Crippen LogP contribution in [0.4, 0.5) is 0 Å². The Morgan fingerprint density at radius 1 is 1.69 bits per heavy atom. The summed E-state index contributed by atoms with van der Waals surface area (Å²) in [6, 6.07) is 2.23. The zero-order valence-corrected chi connectivity index (χ0v) is 7.12. The quantitative estimate of drug-likeness (QED) is 0.553. The third-order valence-electron chi connectivity index (χ3n) is 1.82. The van der Waals surface area contributed by atoms with Crippen molar-refractivity contribution >= 4 is 0 Å². The summed E-state index contributed by atoms with van der Waals surface area (Å²) < 4.78 is 0. The molecule has 0 spiro atoms. The number of nitrogens with zero attached hydrogens (tertiary/aromatic N) is 2. The van der Waals surface area contributed by atoms with Crippen molar-refractivity contribution in [3.8, 4) is 0 Å². The van der Waals surface area contributed by atoms with Gasteiger partial charge in [-0.15, -0.1) is 0 Å². The molecule has 0 aliphatic rings. The van der Waals surface area contributed by atoms with Crippen molar-refractivity contribution in [3.63, 3.8) is 0 Å².